The Bertz CT molecular complexity index is 954. The van der Waals surface area contributed by atoms with Gasteiger partial charge in [-0.3, -0.25) is 4.79 Å². The van der Waals surface area contributed by atoms with Crippen molar-refractivity contribution in [3.8, 4) is 11.3 Å². The molecule has 0 fully saturated rings. The molecule has 0 radical (unpaired) electrons. The summed E-state index contributed by atoms with van der Waals surface area (Å²) in [4.78, 5) is 15.5. The minimum atomic E-state index is -2.89. The third-order valence-corrected chi connectivity index (χ3v) is 4.49. The van der Waals surface area contributed by atoms with Crippen molar-refractivity contribution in [1.29, 1.82) is 0 Å². The van der Waals surface area contributed by atoms with Gasteiger partial charge in [-0.05, 0) is 35.7 Å². The second-order valence-electron chi connectivity index (χ2n) is 6.18. The van der Waals surface area contributed by atoms with Crippen LogP contribution in [-0.2, 0) is 12.3 Å². The van der Waals surface area contributed by atoms with Crippen molar-refractivity contribution in [2.75, 3.05) is 6.54 Å². The zero-order valence-corrected chi connectivity index (χ0v) is 13.1. The van der Waals surface area contributed by atoms with E-state index in [4.69, 9.17) is 0 Å². The van der Waals surface area contributed by atoms with Gasteiger partial charge in [0.05, 0.1) is 0 Å². The summed E-state index contributed by atoms with van der Waals surface area (Å²) in [6, 6.07) is 11.9. The molecule has 1 aromatic heterocycles. The summed E-state index contributed by atoms with van der Waals surface area (Å²) >= 11 is 0. The number of hydrogen-bond donors (Lipinski definition) is 2. The fourth-order valence-electron chi connectivity index (χ4n) is 3.35. The van der Waals surface area contributed by atoms with Crippen LogP contribution in [0.15, 0.2) is 42.5 Å². The van der Waals surface area contributed by atoms with E-state index < -0.39 is 5.92 Å². The van der Waals surface area contributed by atoms with Crippen molar-refractivity contribution in [2.24, 2.45) is 0 Å². The number of carbonyl (C=O) groups excluding carboxylic acids is 1. The molecule has 3 nitrogen and oxygen atoms in total. The van der Waals surface area contributed by atoms with E-state index >= 15 is 0 Å². The Morgan fingerprint density at radius 2 is 1.92 bits per heavy atom. The van der Waals surface area contributed by atoms with Gasteiger partial charge < -0.3 is 10.3 Å². The van der Waals surface area contributed by atoms with E-state index in [1.807, 2.05) is 18.2 Å². The van der Waals surface area contributed by atoms with Crippen molar-refractivity contribution in [3.63, 3.8) is 0 Å². The molecule has 2 N–H and O–H groups in total. The van der Waals surface area contributed by atoms with E-state index in [2.05, 4.69) is 10.3 Å². The zero-order chi connectivity index (χ0) is 16.9. The van der Waals surface area contributed by atoms with Crippen LogP contribution in [0.25, 0.3) is 22.2 Å². The molecule has 5 heteroatoms. The lowest BCUT2D eigenvalue weighted by Gasteiger charge is -2.12. The van der Waals surface area contributed by atoms with Crippen LogP contribution in [0, 0.1) is 0 Å². The molecule has 3 aromatic rings. The number of nitrogens with one attached hydrogen (secondary N) is 2. The molecule has 0 atom stereocenters. The largest absolute Gasteiger partial charge is 0.354 e. The lowest BCUT2D eigenvalue weighted by atomic mass is 9.98. The molecule has 0 bridgehead atoms. The first-order valence-electron chi connectivity index (χ1n) is 7.85. The van der Waals surface area contributed by atoms with Crippen molar-refractivity contribution >= 4 is 16.8 Å². The fourth-order valence-corrected chi connectivity index (χ4v) is 3.35. The lowest BCUT2D eigenvalue weighted by Crippen LogP contribution is -2.23. The first kappa shape index (κ1) is 14.9. The number of H-pyrrole nitrogens is 1. The molecule has 1 aliphatic rings. The highest BCUT2D eigenvalue weighted by atomic mass is 19.3. The van der Waals surface area contributed by atoms with E-state index in [-0.39, 0.29) is 11.5 Å². The monoisotopic (exact) mass is 326 g/mol. The highest BCUT2D eigenvalue weighted by Gasteiger charge is 2.26. The summed E-state index contributed by atoms with van der Waals surface area (Å²) in [6.07, 6.45) is 0.658. The summed E-state index contributed by atoms with van der Waals surface area (Å²) in [6.45, 7) is 1.42. The van der Waals surface area contributed by atoms with Crippen molar-refractivity contribution in [1.82, 2.24) is 10.3 Å². The maximum Gasteiger partial charge on any atom is 0.270 e. The van der Waals surface area contributed by atoms with Gasteiger partial charge in [0.25, 0.3) is 11.8 Å². The van der Waals surface area contributed by atoms with Crippen LogP contribution >= 0.6 is 0 Å². The second kappa shape index (κ2) is 5.16. The average Bonchev–Trinajstić information content (AvgIpc) is 2.84. The Morgan fingerprint density at radius 1 is 1.12 bits per heavy atom. The van der Waals surface area contributed by atoms with Gasteiger partial charge >= 0.3 is 0 Å². The van der Waals surface area contributed by atoms with Crippen LogP contribution in [0.2, 0.25) is 0 Å². The van der Waals surface area contributed by atoms with Crippen LogP contribution in [0.4, 0.5) is 8.78 Å². The maximum atomic E-state index is 13.7. The molecule has 0 aliphatic carbocycles. The van der Waals surface area contributed by atoms with Gasteiger partial charge in [-0.1, -0.05) is 24.3 Å². The molecule has 1 aliphatic heterocycles. The van der Waals surface area contributed by atoms with Crippen LogP contribution in [0.5, 0.6) is 0 Å². The molecule has 4 rings (SSSR count). The van der Waals surface area contributed by atoms with E-state index in [9.17, 15) is 13.6 Å². The van der Waals surface area contributed by atoms with Gasteiger partial charge in [0, 0.05) is 41.2 Å². The van der Waals surface area contributed by atoms with Crippen LogP contribution in [-0.4, -0.2) is 17.4 Å². The van der Waals surface area contributed by atoms with Gasteiger partial charge in [-0.25, -0.2) is 8.78 Å². The molecule has 0 saturated heterocycles. The number of hydrogen-bond acceptors (Lipinski definition) is 1. The summed E-state index contributed by atoms with van der Waals surface area (Å²) in [5, 5.41) is 3.76. The summed E-state index contributed by atoms with van der Waals surface area (Å²) < 4.78 is 27.3. The number of rotatable bonds is 2. The number of aromatic nitrogens is 1. The minimum absolute atomic E-state index is 0.0195. The normalized spacial score (nSPS) is 14.5. The maximum absolute atomic E-state index is 13.7. The quantitative estimate of drug-likeness (QED) is 0.727. The highest BCUT2D eigenvalue weighted by Crippen LogP contribution is 2.36. The number of halogens is 2. The summed E-state index contributed by atoms with van der Waals surface area (Å²) in [5.41, 5.74) is 3.97. The third-order valence-electron chi connectivity index (χ3n) is 4.49. The first-order chi connectivity index (χ1) is 11.4. The third kappa shape index (κ3) is 2.28. The lowest BCUT2D eigenvalue weighted by molar-refractivity contribution is 0.0175. The molecule has 0 saturated carbocycles. The zero-order valence-electron chi connectivity index (χ0n) is 13.1. The van der Waals surface area contributed by atoms with E-state index in [1.54, 1.807) is 12.1 Å². The average molecular weight is 326 g/mol. The number of carbonyl (C=O) groups is 1. The van der Waals surface area contributed by atoms with Gasteiger partial charge in [0.15, 0.2) is 0 Å². The Balaban J connectivity index is 1.97. The minimum Gasteiger partial charge on any atom is -0.354 e. The smallest absolute Gasteiger partial charge is 0.270 e. The van der Waals surface area contributed by atoms with Crippen LogP contribution < -0.4 is 5.32 Å². The van der Waals surface area contributed by atoms with Crippen molar-refractivity contribution in [3.05, 3.63) is 59.2 Å². The molecule has 0 spiro atoms. The Kier molecular flexibility index (Phi) is 3.20. The molecule has 24 heavy (non-hydrogen) atoms. The Hall–Kier alpha value is -2.69. The number of alkyl halides is 2. The van der Waals surface area contributed by atoms with Crippen LogP contribution in [0.1, 0.15) is 28.4 Å². The van der Waals surface area contributed by atoms with Gasteiger partial charge in [-0.2, -0.15) is 0 Å². The van der Waals surface area contributed by atoms with Crippen LogP contribution in [0.3, 0.4) is 0 Å². The standard InChI is InChI=1S/C19H16F2N2O/c1-19(20,21)12-5-2-4-11(10-12)17-13-8-9-22-18(24)14-6-3-7-15(23-17)16(13)14/h2-7,10,23H,8-9H2,1H3,(H,22,24). The Labute approximate surface area is 137 Å². The molecular weight excluding hydrogens is 310 g/mol. The molecule has 2 heterocycles. The molecule has 122 valence electrons. The van der Waals surface area contributed by atoms with Gasteiger partial charge in [0.1, 0.15) is 0 Å². The molecule has 0 unspecified atom stereocenters. The fraction of sp³-hybridized carbons (Fsp3) is 0.211. The molecular formula is C19H16F2N2O. The number of benzene rings is 2. The SMILES string of the molecule is CC(F)(F)c1cccc(-c2[nH]c3cccc4c3c2CCNC4=O)c1. The Morgan fingerprint density at radius 3 is 2.71 bits per heavy atom. The number of amides is 1. The van der Waals surface area contributed by atoms with E-state index in [1.165, 1.54) is 12.1 Å². The summed E-state index contributed by atoms with van der Waals surface area (Å²) in [7, 11) is 0. The highest BCUT2D eigenvalue weighted by molar-refractivity contribution is 6.10. The van der Waals surface area contributed by atoms with Crippen molar-refractivity contribution < 1.29 is 13.6 Å². The summed E-state index contributed by atoms with van der Waals surface area (Å²) in [5.74, 6) is -2.99. The predicted molar refractivity (Wildman–Crippen MR) is 89.3 cm³/mol. The van der Waals surface area contributed by atoms with E-state index in [0.717, 1.165) is 29.1 Å². The van der Waals surface area contributed by atoms with E-state index in [0.29, 0.717) is 24.1 Å². The first-order valence-corrected chi connectivity index (χ1v) is 7.85. The van der Waals surface area contributed by atoms with Gasteiger partial charge in [-0.15, -0.1) is 0 Å². The molecule has 1 amide bonds. The second-order valence-corrected chi connectivity index (χ2v) is 6.18. The van der Waals surface area contributed by atoms with Crippen molar-refractivity contribution in [2.45, 2.75) is 19.3 Å². The topological polar surface area (TPSA) is 44.9 Å². The predicted octanol–water partition coefficient (Wildman–Crippen LogP) is 4.23. The van der Waals surface area contributed by atoms with Gasteiger partial charge in [0.2, 0.25) is 0 Å². The molecule has 2 aromatic carbocycles. The number of aromatic amines is 1.